The highest BCUT2D eigenvalue weighted by molar-refractivity contribution is 5.99. The number of morpholine rings is 1. The van der Waals surface area contributed by atoms with Gasteiger partial charge in [0.25, 0.3) is 5.91 Å². The van der Waals surface area contributed by atoms with Crippen LogP contribution in [0.3, 0.4) is 0 Å². The van der Waals surface area contributed by atoms with Gasteiger partial charge in [-0.05, 0) is 26.0 Å². The number of amides is 1. The van der Waals surface area contributed by atoms with Gasteiger partial charge in [-0.1, -0.05) is 12.1 Å². The summed E-state index contributed by atoms with van der Waals surface area (Å²) in [6.07, 6.45) is 0. The van der Waals surface area contributed by atoms with Gasteiger partial charge < -0.3 is 15.4 Å². The van der Waals surface area contributed by atoms with Crippen LogP contribution in [0.1, 0.15) is 24.2 Å². The third-order valence-corrected chi connectivity index (χ3v) is 2.90. The van der Waals surface area contributed by atoms with Crippen molar-refractivity contribution in [3.8, 4) is 0 Å². The number of nitrogens with zero attached hydrogens (tertiary/aromatic N) is 1. The average molecular weight is 234 g/mol. The third-order valence-electron chi connectivity index (χ3n) is 2.90. The van der Waals surface area contributed by atoms with Crippen molar-refractivity contribution in [2.45, 2.75) is 19.4 Å². The number of hydrogen-bond donors (Lipinski definition) is 1. The first-order valence-corrected chi connectivity index (χ1v) is 5.77. The number of para-hydroxylation sites is 1. The number of rotatable bonds is 1. The normalized spacial score (nSPS) is 19.1. The lowest BCUT2D eigenvalue weighted by Gasteiger charge is -2.38. The Bertz CT molecular complexity index is 429. The van der Waals surface area contributed by atoms with Crippen LogP contribution in [0.15, 0.2) is 24.3 Å². The monoisotopic (exact) mass is 234 g/mol. The van der Waals surface area contributed by atoms with E-state index in [1.165, 1.54) is 0 Å². The molecule has 0 bridgehead atoms. The van der Waals surface area contributed by atoms with E-state index in [9.17, 15) is 4.79 Å². The Morgan fingerprint density at radius 3 is 2.76 bits per heavy atom. The van der Waals surface area contributed by atoms with E-state index in [1.54, 1.807) is 17.0 Å². The van der Waals surface area contributed by atoms with Crippen molar-refractivity contribution in [1.29, 1.82) is 0 Å². The zero-order valence-corrected chi connectivity index (χ0v) is 10.3. The maximum Gasteiger partial charge on any atom is 0.256 e. The molecule has 0 aliphatic carbocycles. The summed E-state index contributed by atoms with van der Waals surface area (Å²) in [7, 11) is 0. The number of nitrogens with two attached hydrogens (primary N) is 1. The van der Waals surface area contributed by atoms with Crippen LogP contribution in [0.4, 0.5) is 5.69 Å². The van der Waals surface area contributed by atoms with E-state index in [0.717, 1.165) is 0 Å². The number of benzene rings is 1. The highest BCUT2D eigenvalue weighted by atomic mass is 16.5. The molecule has 17 heavy (non-hydrogen) atoms. The van der Waals surface area contributed by atoms with Gasteiger partial charge in [-0.2, -0.15) is 0 Å². The number of carbonyl (C=O) groups excluding carboxylic acids is 1. The zero-order valence-electron chi connectivity index (χ0n) is 10.3. The Morgan fingerprint density at radius 2 is 2.12 bits per heavy atom. The highest BCUT2D eigenvalue weighted by Crippen LogP contribution is 2.20. The van der Waals surface area contributed by atoms with Gasteiger partial charge in [0, 0.05) is 18.8 Å². The molecule has 0 unspecified atom stereocenters. The minimum Gasteiger partial charge on any atom is -0.398 e. The fourth-order valence-electron chi connectivity index (χ4n) is 2.05. The number of ether oxygens (including phenoxy) is 1. The topological polar surface area (TPSA) is 55.6 Å². The van der Waals surface area contributed by atoms with Gasteiger partial charge in [0.1, 0.15) is 0 Å². The second-order valence-corrected chi connectivity index (χ2v) is 4.92. The van der Waals surface area contributed by atoms with Crippen molar-refractivity contribution in [2.24, 2.45) is 0 Å². The molecule has 1 amide bonds. The van der Waals surface area contributed by atoms with Crippen LogP contribution >= 0.6 is 0 Å². The molecule has 4 nitrogen and oxygen atoms in total. The van der Waals surface area contributed by atoms with E-state index in [0.29, 0.717) is 30.9 Å². The van der Waals surface area contributed by atoms with Crippen molar-refractivity contribution in [3.05, 3.63) is 29.8 Å². The predicted molar refractivity (Wildman–Crippen MR) is 66.8 cm³/mol. The SMILES string of the molecule is CC1(C)CN(C(=O)c2ccccc2N)CCO1. The van der Waals surface area contributed by atoms with E-state index in [4.69, 9.17) is 10.5 Å². The largest absolute Gasteiger partial charge is 0.398 e. The second kappa shape index (κ2) is 4.37. The quantitative estimate of drug-likeness (QED) is 0.749. The molecule has 1 fully saturated rings. The molecule has 0 atom stereocenters. The van der Waals surface area contributed by atoms with Crippen LogP contribution < -0.4 is 5.73 Å². The van der Waals surface area contributed by atoms with Crippen LogP contribution in [0.2, 0.25) is 0 Å². The van der Waals surface area contributed by atoms with Gasteiger partial charge in [0.15, 0.2) is 0 Å². The Balaban J connectivity index is 2.18. The molecular weight excluding hydrogens is 216 g/mol. The minimum absolute atomic E-state index is 0.0144. The molecular formula is C13H18N2O2. The van der Waals surface area contributed by atoms with Crippen LogP contribution in [-0.4, -0.2) is 36.1 Å². The molecule has 0 spiro atoms. The van der Waals surface area contributed by atoms with Gasteiger partial charge >= 0.3 is 0 Å². The predicted octanol–water partition coefficient (Wildman–Crippen LogP) is 1.52. The average Bonchev–Trinajstić information content (AvgIpc) is 2.27. The van der Waals surface area contributed by atoms with Crippen LogP contribution in [0.5, 0.6) is 0 Å². The summed E-state index contributed by atoms with van der Waals surface area (Å²) in [6.45, 7) is 5.77. The van der Waals surface area contributed by atoms with Crippen LogP contribution in [0, 0.1) is 0 Å². The molecule has 1 aromatic rings. The third kappa shape index (κ3) is 2.58. The Hall–Kier alpha value is -1.55. The summed E-state index contributed by atoms with van der Waals surface area (Å²) < 4.78 is 5.59. The van der Waals surface area contributed by atoms with Crippen molar-refractivity contribution >= 4 is 11.6 Å². The van der Waals surface area contributed by atoms with Crippen molar-refractivity contribution in [2.75, 3.05) is 25.4 Å². The fraction of sp³-hybridized carbons (Fsp3) is 0.462. The van der Waals surface area contributed by atoms with Crippen molar-refractivity contribution in [3.63, 3.8) is 0 Å². The first kappa shape index (κ1) is 11.9. The smallest absolute Gasteiger partial charge is 0.256 e. The van der Waals surface area contributed by atoms with Gasteiger partial charge in [-0.3, -0.25) is 4.79 Å². The molecule has 1 heterocycles. The minimum atomic E-state index is -0.280. The van der Waals surface area contributed by atoms with E-state index in [1.807, 2.05) is 26.0 Å². The molecule has 92 valence electrons. The summed E-state index contributed by atoms with van der Waals surface area (Å²) in [4.78, 5) is 14.1. The first-order valence-electron chi connectivity index (χ1n) is 5.77. The lowest BCUT2D eigenvalue weighted by Crippen LogP contribution is -2.50. The van der Waals surface area contributed by atoms with Gasteiger partial charge in [0.05, 0.1) is 17.8 Å². The first-order chi connectivity index (χ1) is 7.99. The van der Waals surface area contributed by atoms with E-state index < -0.39 is 0 Å². The maximum atomic E-state index is 12.3. The van der Waals surface area contributed by atoms with Crippen LogP contribution in [-0.2, 0) is 4.74 Å². The summed E-state index contributed by atoms with van der Waals surface area (Å²) in [5.41, 5.74) is 6.64. The van der Waals surface area contributed by atoms with E-state index in [-0.39, 0.29) is 11.5 Å². The molecule has 0 aromatic heterocycles. The number of carbonyl (C=O) groups is 1. The summed E-state index contributed by atoms with van der Waals surface area (Å²) >= 11 is 0. The summed E-state index contributed by atoms with van der Waals surface area (Å²) in [5.74, 6) is -0.0144. The number of hydrogen-bond acceptors (Lipinski definition) is 3. The van der Waals surface area contributed by atoms with Gasteiger partial charge in [-0.25, -0.2) is 0 Å². The molecule has 1 aliphatic heterocycles. The lowest BCUT2D eigenvalue weighted by molar-refractivity contribution is -0.0763. The second-order valence-electron chi connectivity index (χ2n) is 4.92. The molecule has 4 heteroatoms. The molecule has 1 aliphatic rings. The highest BCUT2D eigenvalue weighted by Gasteiger charge is 2.30. The molecule has 2 N–H and O–H groups in total. The Labute approximate surface area is 101 Å². The Morgan fingerprint density at radius 1 is 1.41 bits per heavy atom. The van der Waals surface area contributed by atoms with Crippen molar-refractivity contribution in [1.82, 2.24) is 4.90 Å². The van der Waals surface area contributed by atoms with Crippen LogP contribution in [0.25, 0.3) is 0 Å². The van der Waals surface area contributed by atoms with E-state index >= 15 is 0 Å². The molecule has 0 saturated carbocycles. The maximum absolute atomic E-state index is 12.3. The lowest BCUT2D eigenvalue weighted by atomic mass is 10.1. The Kier molecular flexibility index (Phi) is 3.07. The molecule has 2 rings (SSSR count). The van der Waals surface area contributed by atoms with Crippen molar-refractivity contribution < 1.29 is 9.53 Å². The number of anilines is 1. The molecule has 1 saturated heterocycles. The molecule has 0 radical (unpaired) electrons. The standard InChI is InChI=1S/C13H18N2O2/c1-13(2)9-15(7-8-17-13)12(16)10-5-3-4-6-11(10)14/h3-6H,7-9,14H2,1-2H3. The number of nitrogen functional groups attached to an aromatic ring is 1. The van der Waals surface area contributed by atoms with Gasteiger partial charge in [-0.15, -0.1) is 0 Å². The van der Waals surface area contributed by atoms with E-state index in [2.05, 4.69) is 0 Å². The zero-order chi connectivity index (χ0) is 12.5. The fourth-order valence-corrected chi connectivity index (χ4v) is 2.05. The summed E-state index contributed by atoms with van der Waals surface area (Å²) in [6, 6.07) is 7.17. The van der Waals surface area contributed by atoms with Gasteiger partial charge in [0.2, 0.25) is 0 Å². The summed E-state index contributed by atoms with van der Waals surface area (Å²) in [5, 5.41) is 0. The molecule has 1 aromatic carbocycles.